The summed E-state index contributed by atoms with van der Waals surface area (Å²) in [6.45, 7) is 6.86. The Bertz CT molecular complexity index is 660. The van der Waals surface area contributed by atoms with Gasteiger partial charge in [-0.1, -0.05) is 65.7 Å². The van der Waals surface area contributed by atoms with Gasteiger partial charge in [0.1, 0.15) is 17.1 Å². The molecule has 4 nitrogen and oxygen atoms in total. The van der Waals surface area contributed by atoms with E-state index in [1.807, 2.05) is 0 Å². The van der Waals surface area contributed by atoms with Crippen molar-refractivity contribution in [3.8, 4) is 11.5 Å². The van der Waals surface area contributed by atoms with Crippen molar-refractivity contribution < 1.29 is 14.3 Å². The predicted octanol–water partition coefficient (Wildman–Crippen LogP) is 6.10. The molecule has 0 aliphatic heterocycles. The first-order chi connectivity index (χ1) is 13.4. The van der Waals surface area contributed by atoms with Crippen LogP contribution in [0.2, 0.25) is 0 Å². The van der Waals surface area contributed by atoms with Gasteiger partial charge in [-0.15, -0.1) is 0 Å². The molecular weight excluding hydrogens is 350 g/mol. The van der Waals surface area contributed by atoms with Crippen LogP contribution in [0.3, 0.4) is 0 Å². The van der Waals surface area contributed by atoms with Crippen LogP contribution in [0.15, 0.2) is 6.07 Å². The number of unbranched alkanes of at least 4 members (excludes halogenated alkanes) is 3. The van der Waals surface area contributed by atoms with E-state index in [1.54, 1.807) is 14.2 Å². The number of carbonyl (C=O) groups excluding carboxylic acids is 1. The molecule has 0 bridgehead atoms. The first-order valence-electron chi connectivity index (χ1n) is 11.0. The van der Waals surface area contributed by atoms with Crippen molar-refractivity contribution in [2.75, 3.05) is 14.2 Å². The highest BCUT2D eigenvalue weighted by Gasteiger charge is 2.34. The second-order valence-corrected chi connectivity index (χ2v) is 8.84. The van der Waals surface area contributed by atoms with Gasteiger partial charge in [-0.25, -0.2) is 0 Å². The zero-order chi connectivity index (χ0) is 20.7. The summed E-state index contributed by atoms with van der Waals surface area (Å²) >= 11 is 0. The Kier molecular flexibility index (Phi) is 8.21. The summed E-state index contributed by atoms with van der Waals surface area (Å²) in [4.78, 5) is 12.3. The Morgan fingerprint density at radius 1 is 1.11 bits per heavy atom. The van der Waals surface area contributed by atoms with E-state index in [1.165, 1.54) is 56.1 Å². The molecule has 28 heavy (non-hydrogen) atoms. The first-order valence-corrected chi connectivity index (χ1v) is 11.0. The van der Waals surface area contributed by atoms with E-state index in [0.717, 1.165) is 19.3 Å². The summed E-state index contributed by atoms with van der Waals surface area (Å²) in [6.07, 6.45) is 12.1. The van der Waals surface area contributed by atoms with E-state index in [0.29, 0.717) is 23.0 Å². The monoisotopic (exact) mass is 389 g/mol. The van der Waals surface area contributed by atoms with Crippen molar-refractivity contribution in [2.24, 2.45) is 5.73 Å². The van der Waals surface area contributed by atoms with Crippen LogP contribution in [-0.4, -0.2) is 20.1 Å². The standard InChI is InChI=1S/C24H39NO3/c1-6-7-8-12-15-24(2,3)18-16-19(27-4)21(23(25)26)22(28-5)20(18)17-13-10-9-11-14-17/h16-17H,6-15H2,1-5H3,(H2,25,26). The quantitative estimate of drug-likeness (QED) is 0.492. The molecule has 0 aromatic heterocycles. The highest BCUT2D eigenvalue weighted by atomic mass is 16.5. The Morgan fingerprint density at radius 3 is 2.32 bits per heavy atom. The average molecular weight is 390 g/mol. The predicted molar refractivity (Wildman–Crippen MR) is 116 cm³/mol. The van der Waals surface area contributed by atoms with Crippen LogP contribution in [0.4, 0.5) is 0 Å². The van der Waals surface area contributed by atoms with Crippen LogP contribution >= 0.6 is 0 Å². The number of amides is 1. The van der Waals surface area contributed by atoms with Crippen molar-refractivity contribution in [2.45, 2.75) is 96.3 Å². The van der Waals surface area contributed by atoms with Gasteiger partial charge < -0.3 is 15.2 Å². The number of nitrogens with two attached hydrogens (primary N) is 1. The van der Waals surface area contributed by atoms with Gasteiger partial charge in [0.25, 0.3) is 5.91 Å². The van der Waals surface area contributed by atoms with Gasteiger partial charge in [-0.05, 0) is 42.2 Å². The first kappa shape index (κ1) is 22.6. The number of carbonyl (C=O) groups is 1. The zero-order valence-corrected chi connectivity index (χ0v) is 18.5. The Balaban J connectivity index is 2.59. The van der Waals surface area contributed by atoms with Crippen LogP contribution in [0.25, 0.3) is 0 Å². The maximum absolute atomic E-state index is 12.3. The second kappa shape index (κ2) is 10.2. The fourth-order valence-electron chi connectivity index (χ4n) is 4.74. The van der Waals surface area contributed by atoms with Gasteiger partial charge in [0.05, 0.1) is 14.2 Å². The third kappa shape index (κ3) is 5.01. The summed E-state index contributed by atoms with van der Waals surface area (Å²) < 4.78 is 11.4. The molecule has 2 N–H and O–H groups in total. The van der Waals surface area contributed by atoms with E-state index in [4.69, 9.17) is 15.2 Å². The largest absolute Gasteiger partial charge is 0.496 e. The molecule has 0 heterocycles. The minimum absolute atomic E-state index is 0.0166. The molecule has 1 fully saturated rings. The third-order valence-corrected chi connectivity index (χ3v) is 6.35. The number of hydrogen-bond donors (Lipinski definition) is 1. The molecule has 1 aliphatic rings. The summed E-state index contributed by atoms with van der Waals surface area (Å²) in [5.41, 5.74) is 8.56. The second-order valence-electron chi connectivity index (χ2n) is 8.84. The molecule has 0 atom stereocenters. The number of rotatable bonds is 10. The molecule has 1 aromatic carbocycles. The molecule has 0 saturated heterocycles. The average Bonchev–Trinajstić information content (AvgIpc) is 2.69. The van der Waals surface area contributed by atoms with E-state index in [-0.39, 0.29) is 5.41 Å². The Hall–Kier alpha value is -1.71. The van der Waals surface area contributed by atoms with Crippen LogP contribution < -0.4 is 15.2 Å². The molecule has 0 radical (unpaired) electrons. The van der Waals surface area contributed by atoms with Gasteiger partial charge in [0.2, 0.25) is 0 Å². The molecule has 158 valence electrons. The molecule has 4 heteroatoms. The molecule has 1 amide bonds. The van der Waals surface area contributed by atoms with E-state index in [9.17, 15) is 4.79 Å². The molecule has 0 unspecified atom stereocenters. The summed E-state index contributed by atoms with van der Waals surface area (Å²) in [7, 11) is 3.24. The smallest absolute Gasteiger partial charge is 0.256 e. The van der Waals surface area contributed by atoms with Gasteiger partial charge in [0.15, 0.2) is 0 Å². The minimum Gasteiger partial charge on any atom is -0.496 e. The minimum atomic E-state index is -0.488. The fraction of sp³-hybridized carbons (Fsp3) is 0.708. The molecule has 2 rings (SSSR count). The SMILES string of the molecule is CCCCCCC(C)(C)c1cc(OC)c(C(N)=O)c(OC)c1C1CCCCC1. The lowest BCUT2D eigenvalue weighted by Gasteiger charge is -2.34. The molecule has 1 aliphatic carbocycles. The summed E-state index contributed by atoms with van der Waals surface area (Å²) in [6, 6.07) is 2.06. The number of hydrogen-bond acceptors (Lipinski definition) is 3. The molecule has 0 spiro atoms. The van der Waals surface area contributed by atoms with Gasteiger partial charge in [0, 0.05) is 5.56 Å². The van der Waals surface area contributed by atoms with Crippen molar-refractivity contribution in [3.63, 3.8) is 0 Å². The summed E-state index contributed by atoms with van der Waals surface area (Å²) in [5.74, 6) is 1.09. The number of ether oxygens (including phenoxy) is 2. The lowest BCUT2D eigenvalue weighted by Crippen LogP contribution is -2.24. The van der Waals surface area contributed by atoms with Crippen molar-refractivity contribution in [1.82, 2.24) is 0 Å². The maximum Gasteiger partial charge on any atom is 0.256 e. The summed E-state index contributed by atoms with van der Waals surface area (Å²) in [5, 5.41) is 0. The number of benzene rings is 1. The molecule has 1 aromatic rings. The van der Waals surface area contributed by atoms with Crippen LogP contribution in [0.5, 0.6) is 11.5 Å². The van der Waals surface area contributed by atoms with Gasteiger partial charge >= 0.3 is 0 Å². The van der Waals surface area contributed by atoms with Gasteiger partial charge in [-0.3, -0.25) is 4.79 Å². The van der Waals surface area contributed by atoms with E-state index < -0.39 is 5.91 Å². The van der Waals surface area contributed by atoms with Crippen molar-refractivity contribution >= 4 is 5.91 Å². The fourth-order valence-corrected chi connectivity index (χ4v) is 4.74. The Morgan fingerprint density at radius 2 is 1.79 bits per heavy atom. The highest BCUT2D eigenvalue weighted by Crippen LogP contribution is 2.48. The lowest BCUT2D eigenvalue weighted by molar-refractivity contribution is 0.0993. The number of primary amides is 1. The van der Waals surface area contributed by atoms with Crippen molar-refractivity contribution in [1.29, 1.82) is 0 Å². The van der Waals surface area contributed by atoms with Crippen LogP contribution in [0, 0.1) is 0 Å². The third-order valence-electron chi connectivity index (χ3n) is 6.35. The van der Waals surface area contributed by atoms with Crippen LogP contribution in [0.1, 0.15) is 112 Å². The maximum atomic E-state index is 12.3. The zero-order valence-electron chi connectivity index (χ0n) is 18.5. The molecular formula is C24H39NO3. The highest BCUT2D eigenvalue weighted by molar-refractivity contribution is 5.99. The normalized spacial score (nSPS) is 15.5. The van der Waals surface area contributed by atoms with Crippen LogP contribution in [-0.2, 0) is 5.41 Å². The topological polar surface area (TPSA) is 61.5 Å². The van der Waals surface area contributed by atoms with E-state index in [2.05, 4.69) is 26.8 Å². The van der Waals surface area contributed by atoms with E-state index >= 15 is 0 Å². The molecule has 1 saturated carbocycles. The van der Waals surface area contributed by atoms with Gasteiger partial charge in [-0.2, -0.15) is 0 Å². The lowest BCUT2D eigenvalue weighted by atomic mass is 9.71. The Labute approximate surface area is 171 Å². The van der Waals surface area contributed by atoms with Crippen molar-refractivity contribution in [3.05, 3.63) is 22.8 Å². The number of methoxy groups -OCH3 is 2.